The molecule has 4 aliphatic heterocycles. The fourth-order valence-corrected chi connectivity index (χ4v) is 19.6. The van der Waals surface area contributed by atoms with Crippen molar-refractivity contribution in [2.75, 3.05) is 40.4 Å². The summed E-state index contributed by atoms with van der Waals surface area (Å²) in [7, 11) is 3.62. The zero-order valence-corrected chi connectivity index (χ0v) is 46.3. The Balaban J connectivity index is 1.08. The van der Waals surface area contributed by atoms with E-state index in [9.17, 15) is 20.4 Å². The normalized spacial score (nSPS) is 42.7. The third-order valence-electron chi connectivity index (χ3n) is 24.7. The SMILES string of the molecule is CC[C@]12C[C@H]([C@](C)(O)C(C)(C)C)[C@@](C)(OC)[C@@H]3Oc4c(O)c(-c5cc6c7c(c5O)O[C@@]5(C)[C@]78CCN(CC7CC7)[C@H](C6)[C@@]8(C)C[C@H]([C@](C)(O)C(C)(C)C)[C@@]5(CC)OC)cc5c4[C@@]31CCN(CC1CC1)[C@@H]2C5. The molecule has 2 aromatic carbocycles. The summed E-state index contributed by atoms with van der Waals surface area (Å²) in [6.45, 7) is 32.5. The van der Waals surface area contributed by atoms with Gasteiger partial charge in [0.05, 0.1) is 11.2 Å². The Hall–Kier alpha value is -2.60. The summed E-state index contributed by atoms with van der Waals surface area (Å²) in [6.07, 6.45) is 11.1. The molecule has 4 saturated carbocycles. The van der Waals surface area contributed by atoms with E-state index < -0.39 is 55.8 Å². The minimum Gasteiger partial charge on any atom is -0.504 e. The number of ether oxygens (including phenoxy) is 4. The van der Waals surface area contributed by atoms with Crippen molar-refractivity contribution in [2.45, 2.75) is 224 Å². The second-order valence-electron chi connectivity index (χ2n) is 28.7. The minimum atomic E-state index is -1.12. The molecule has 6 fully saturated rings. The van der Waals surface area contributed by atoms with Crippen LogP contribution >= 0.6 is 0 Å². The molecule has 0 amide bonds. The van der Waals surface area contributed by atoms with Gasteiger partial charge in [-0.05, 0) is 175 Å². The van der Waals surface area contributed by atoms with E-state index in [1.54, 1.807) is 7.11 Å². The number of nitrogens with zero attached hydrogens (tertiary/aromatic N) is 2. The maximum Gasteiger partial charge on any atom is 0.166 e. The van der Waals surface area contributed by atoms with Gasteiger partial charge >= 0.3 is 0 Å². The van der Waals surface area contributed by atoms with E-state index >= 15 is 0 Å². The molecule has 12 rings (SSSR count). The van der Waals surface area contributed by atoms with E-state index in [-0.39, 0.29) is 46.2 Å². The molecular weight excluding hydrogens is 889 g/mol. The van der Waals surface area contributed by atoms with Crippen LogP contribution in [-0.4, -0.2) is 117 Å². The highest BCUT2D eigenvalue weighted by Gasteiger charge is 2.84. The molecular formula is C61H90N2O8. The topological polar surface area (TPSA) is 124 Å². The Bertz CT molecular complexity index is 2560. The number of methoxy groups -OCH3 is 2. The van der Waals surface area contributed by atoms with Gasteiger partial charge in [0.1, 0.15) is 22.9 Å². The lowest BCUT2D eigenvalue weighted by Crippen LogP contribution is -2.84. The van der Waals surface area contributed by atoms with E-state index in [0.29, 0.717) is 40.9 Å². The standard InChI is InChI=1S/C61H90N2O8/c1-16-58-31-40(55(11,66)51(3,4)5)54(10,68-14)50-59(58)22-24-63(33-35-20-21-35)43(58)29-36-26-38(46(64)48(70-50)44(36)59)39-27-37-28-42-53(9)30-41(56(12,67)52(6,7)8)61(17-2,69-15)57(13)60(53,45(37)49(71-57)47(39)65)23-25-62(42)32-34-18-19-34/h26-27,34-35,40-43,50,64-67H,16-25,28-33H2,1-15H3/t40-,41+,42+,43+,50-,53+,54+,55-,56-,57-,58+,59-,60+,61+/m0/s1. The van der Waals surface area contributed by atoms with Crippen LogP contribution in [-0.2, 0) is 33.1 Å². The van der Waals surface area contributed by atoms with Crippen molar-refractivity contribution in [3.8, 4) is 34.1 Å². The van der Waals surface area contributed by atoms with Crippen LogP contribution in [0.5, 0.6) is 23.0 Å². The lowest BCUT2D eigenvalue weighted by molar-refractivity contribution is -0.311. The predicted molar refractivity (Wildman–Crippen MR) is 277 cm³/mol. The average molecular weight is 979 g/mol. The molecule has 2 aromatic rings. The monoisotopic (exact) mass is 979 g/mol. The maximum atomic E-state index is 13.3. The molecule has 10 nitrogen and oxygen atoms in total. The first-order valence-electron chi connectivity index (χ1n) is 28.3. The Morgan fingerprint density at radius 2 is 1.21 bits per heavy atom. The van der Waals surface area contributed by atoms with E-state index in [2.05, 4.69) is 98.1 Å². The first-order chi connectivity index (χ1) is 33.1. The lowest BCUT2D eigenvalue weighted by Gasteiger charge is -2.74. The smallest absolute Gasteiger partial charge is 0.166 e. The summed E-state index contributed by atoms with van der Waals surface area (Å²) in [5.74, 6) is 2.06. The molecule has 0 aromatic heterocycles. The Labute approximate surface area is 425 Å². The van der Waals surface area contributed by atoms with Crippen molar-refractivity contribution in [2.24, 2.45) is 45.3 Å². The lowest BCUT2D eigenvalue weighted by atomic mass is 9.34. The van der Waals surface area contributed by atoms with Gasteiger partial charge < -0.3 is 39.4 Å². The number of likely N-dealkylation sites (tertiary alicyclic amines) is 2. The highest BCUT2D eigenvalue weighted by atomic mass is 16.6. The van der Waals surface area contributed by atoms with E-state index in [1.165, 1.54) is 36.8 Å². The first-order valence-corrected chi connectivity index (χ1v) is 28.3. The number of rotatable bonds is 11. The number of aromatic hydroxyl groups is 2. The van der Waals surface area contributed by atoms with E-state index in [1.807, 2.05) is 21.0 Å². The number of phenolic OH excluding ortho intramolecular Hbond substituents is 2. The van der Waals surface area contributed by atoms with Gasteiger partial charge in [-0.1, -0.05) is 62.3 Å². The van der Waals surface area contributed by atoms with E-state index in [0.717, 1.165) is 82.3 Å². The molecule has 4 N–H and O–H groups in total. The molecule has 4 heterocycles. The zero-order chi connectivity index (χ0) is 51.0. The van der Waals surface area contributed by atoms with Crippen LogP contribution in [0.3, 0.4) is 0 Å². The molecule has 392 valence electrons. The van der Waals surface area contributed by atoms with Gasteiger partial charge in [0, 0.05) is 84.3 Å². The summed E-state index contributed by atoms with van der Waals surface area (Å²) in [5, 5.41) is 52.6. The molecule has 2 saturated heterocycles. The van der Waals surface area contributed by atoms with Crippen LogP contribution in [0.1, 0.15) is 176 Å². The predicted octanol–water partition coefficient (Wildman–Crippen LogP) is 10.5. The number of hydrogen-bond donors (Lipinski definition) is 4. The van der Waals surface area contributed by atoms with Crippen LogP contribution in [0.15, 0.2) is 12.1 Å². The second kappa shape index (κ2) is 14.7. The van der Waals surface area contributed by atoms with Gasteiger partial charge in [0.2, 0.25) is 0 Å². The van der Waals surface area contributed by atoms with E-state index in [4.69, 9.17) is 18.9 Å². The fourth-order valence-electron chi connectivity index (χ4n) is 19.6. The van der Waals surface area contributed by atoms with Crippen LogP contribution < -0.4 is 9.47 Å². The van der Waals surface area contributed by atoms with Crippen molar-refractivity contribution in [1.29, 1.82) is 0 Å². The Morgan fingerprint density at radius 1 is 0.676 bits per heavy atom. The number of aliphatic hydroxyl groups is 2. The van der Waals surface area contributed by atoms with Gasteiger partial charge in [0.15, 0.2) is 23.0 Å². The molecule has 10 aliphatic rings. The van der Waals surface area contributed by atoms with Gasteiger partial charge in [-0.3, -0.25) is 9.80 Å². The molecule has 4 bridgehead atoms. The van der Waals surface area contributed by atoms with Crippen LogP contribution in [0.4, 0.5) is 0 Å². The van der Waals surface area contributed by atoms with Crippen molar-refractivity contribution >= 4 is 0 Å². The summed E-state index contributed by atoms with van der Waals surface area (Å²) in [4.78, 5) is 5.60. The van der Waals surface area contributed by atoms with Gasteiger partial charge in [-0.25, -0.2) is 0 Å². The Morgan fingerprint density at radius 3 is 1.75 bits per heavy atom. The Kier molecular flexibility index (Phi) is 10.2. The van der Waals surface area contributed by atoms with Crippen LogP contribution in [0.25, 0.3) is 11.1 Å². The third-order valence-corrected chi connectivity index (χ3v) is 24.7. The summed E-state index contributed by atoms with van der Waals surface area (Å²) >= 11 is 0. The summed E-state index contributed by atoms with van der Waals surface area (Å²) in [5.41, 5.74) is -1.65. The zero-order valence-electron chi connectivity index (χ0n) is 46.3. The van der Waals surface area contributed by atoms with Crippen molar-refractivity contribution in [3.63, 3.8) is 0 Å². The number of hydrogen-bond acceptors (Lipinski definition) is 10. The minimum absolute atomic E-state index is 0.0588. The van der Waals surface area contributed by atoms with Crippen LogP contribution in [0.2, 0.25) is 0 Å². The highest BCUT2D eigenvalue weighted by molar-refractivity contribution is 5.86. The molecule has 71 heavy (non-hydrogen) atoms. The molecule has 0 radical (unpaired) electrons. The molecule has 14 atom stereocenters. The quantitative estimate of drug-likeness (QED) is 0.173. The largest absolute Gasteiger partial charge is 0.504 e. The van der Waals surface area contributed by atoms with Gasteiger partial charge in [0.25, 0.3) is 0 Å². The van der Waals surface area contributed by atoms with Crippen molar-refractivity contribution in [1.82, 2.24) is 9.80 Å². The summed E-state index contributed by atoms with van der Waals surface area (Å²) < 4.78 is 29.1. The number of benzene rings is 2. The third kappa shape index (κ3) is 5.53. The molecule has 10 heteroatoms. The van der Waals surface area contributed by atoms with Gasteiger partial charge in [-0.2, -0.15) is 0 Å². The highest BCUT2D eigenvalue weighted by Crippen LogP contribution is 2.79. The molecule has 0 unspecified atom stereocenters. The van der Waals surface area contributed by atoms with Crippen molar-refractivity contribution in [3.05, 3.63) is 34.4 Å². The van der Waals surface area contributed by atoms with Crippen molar-refractivity contribution < 1.29 is 39.4 Å². The second-order valence-corrected chi connectivity index (χ2v) is 28.7. The fraction of sp³-hybridized carbons (Fsp3) is 0.803. The molecule has 6 aliphatic carbocycles. The van der Waals surface area contributed by atoms with Gasteiger partial charge in [-0.15, -0.1) is 0 Å². The van der Waals surface area contributed by atoms with Crippen LogP contribution in [0, 0.1) is 45.3 Å². The first kappa shape index (κ1) is 49.3. The maximum absolute atomic E-state index is 13.3. The number of piperidine rings is 2. The number of phenols is 2. The summed E-state index contributed by atoms with van der Waals surface area (Å²) in [6, 6.07) is 4.82. The average Bonchev–Trinajstić information content (AvgIpc) is 4.24. The molecule has 2 spiro atoms.